The Morgan fingerprint density at radius 1 is 1.24 bits per heavy atom. The molecule has 2 N–H and O–H groups in total. The van der Waals surface area contributed by atoms with Crippen LogP contribution in [0.4, 0.5) is 0 Å². The molecule has 0 aromatic heterocycles. The van der Waals surface area contributed by atoms with E-state index in [0.717, 1.165) is 18.4 Å². The number of hydrogen-bond donors (Lipinski definition) is 1. The summed E-state index contributed by atoms with van der Waals surface area (Å²) in [6, 6.07) is 6.92. The largest absolute Gasteiger partial charge is 0.326 e. The molecule has 0 atom stereocenters. The second kappa shape index (κ2) is 6.17. The lowest BCUT2D eigenvalue weighted by molar-refractivity contribution is 0.523. The summed E-state index contributed by atoms with van der Waals surface area (Å²) >= 11 is 0. The summed E-state index contributed by atoms with van der Waals surface area (Å²) in [7, 11) is -3.17. The summed E-state index contributed by atoms with van der Waals surface area (Å²) in [5.41, 5.74) is 6.38. The minimum Gasteiger partial charge on any atom is -0.326 e. The van der Waals surface area contributed by atoms with E-state index in [1.165, 1.54) is 0 Å². The Morgan fingerprint density at radius 2 is 1.88 bits per heavy atom. The van der Waals surface area contributed by atoms with E-state index in [-0.39, 0.29) is 11.7 Å². The Labute approximate surface area is 104 Å². The number of rotatable bonds is 6. The van der Waals surface area contributed by atoms with Crippen LogP contribution in [-0.2, 0) is 16.4 Å². The highest BCUT2D eigenvalue weighted by molar-refractivity contribution is 7.91. The molecule has 1 rings (SSSR count). The van der Waals surface area contributed by atoms with Crippen LogP contribution < -0.4 is 5.73 Å². The van der Waals surface area contributed by atoms with Crippen molar-refractivity contribution >= 4 is 9.84 Å². The van der Waals surface area contributed by atoms with Crippen molar-refractivity contribution in [2.75, 3.05) is 5.75 Å². The van der Waals surface area contributed by atoms with Crippen molar-refractivity contribution in [1.29, 1.82) is 0 Å². The predicted octanol–water partition coefficient (Wildman–Crippen LogP) is 2.36. The van der Waals surface area contributed by atoms with Gasteiger partial charge in [0.1, 0.15) is 0 Å². The van der Waals surface area contributed by atoms with Gasteiger partial charge in [0, 0.05) is 6.54 Å². The number of sulfone groups is 1. The Kier molecular flexibility index (Phi) is 5.15. The third-order valence-electron chi connectivity index (χ3n) is 3.10. The highest BCUT2D eigenvalue weighted by Crippen LogP contribution is 2.19. The molecule has 0 fully saturated rings. The van der Waals surface area contributed by atoms with Gasteiger partial charge in [-0.25, -0.2) is 8.42 Å². The molecule has 0 aliphatic heterocycles. The molecule has 0 spiro atoms. The van der Waals surface area contributed by atoms with Gasteiger partial charge in [-0.2, -0.15) is 0 Å². The fourth-order valence-electron chi connectivity index (χ4n) is 1.80. The second-order valence-electron chi connectivity index (χ2n) is 4.32. The normalized spacial score (nSPS) is 12.0. The van der Waals surface area contributed by atoms with E-state index in [4.69, 9.17) is 5.73 Å². The van der Waals surface area contributed by atoms with Gasteiger partial charge in [-0.3, -0.25) is 0 Å². The van der Waals surface area contributed by atoms with E-state index in [1.807, 2.05) is 19.9 Å². The molecule has 0 amide bonds. The molecule has 1 aromatic carbocycles. The molecular formula is C13H21NO2S. The van der Waals surface area contributed by atoms with Crippen molar-refractivity contribution in [3.63, 3.8) is 0 Å². The summed E-state index contributed by atoms with van der Waals surface area (Å²) in [6.07, 6.45) is 1.79. The third kappa shape index (κ3) is 3.82. The van der Waals surface area contributed by atoms with E-state index < -0.39 is 9.84 Å². The molecule has 0 aliphatic rings. The van der Waals surface area contributed by atoms with E-state index in [1.54, 1.807) is 18.2 Å². The van der Waals surface area contributed by atoms with Crippen molar-refractivity contribution in [3.8, 4) is 0 Å². The summed E-state index contributed by atoms with van der Waals surface area (Å²) in [6.45, 7) is 4.42. The first-order chi connectivity index (χ1) is 8.03. The lowest BCUT2D eigenvalue weighted by Crippen LogP contribution is -2.15. The van der Waals surface area contributed by atoms with E-state index in [9.17, 15) is 8.42 Å². The maximum absolute atomic E-state index is 12.2. The van der Waals surface area contributed by atoms with Gasteiger partial charge >= 0.3 is 0 Å². The SMILES string of the molecule is CCC(CC)CS(=O)(=O)c1cccc(CN)c1. The van der Waals surface area contributed by atoms with Crippen LogP contribution in [0, 0.1) is 5.92 Å². The molecule has 0 saturated carbocycles. The topological polar surface area (TPSA) is 60.2 Å². The van der Waals surface area contributed by atoms with Crippen LogP contribution >= 0.6 is 0 Å². The summed E-state index contributed by atoms with van der Waals surface area (Å²) in [4.78, 5) is 0.396. The highest BCUT2D eigenvalue weighted by atomic mass is 32.2. The lowest BCUT2D eigenvalue weighted by Gasteiger charge is -2.13. The molecule has 0 saturated heterocycles. The molecule has 0 bridgehead atoms. The third-order valence-corrected chi connectivity index (χ3v) is 4.99. The first-order valence-corrected chi connectivity index (χ1v) is 7.70. The average molecular weight is 255 g/mol. The maximum Gasteiger partial charge on any atom is 0.178 e. The molecular weight excluding hydrogens is 234 g/mol. The zero-order chi connectivity index (χ0) is 12.9. The minimum atomic E-state index is -3.17. The van der Waals surface area contributed by atoms with Crippen LogP contribution in [0.2, 0.25) is 0 Å². The van der Waals surface area contributed by atoms with Gasteiger partial charge in [-0.15, -0.1) is 0 Å². The standard InChI is InChI=1S/C13H21NO2S/c1-3-11(4-2)10-17(15,16)13-7-5-6-12(8-13)9-14/h5-8,11H,3-4,9-10,14H2,1-2H3. The van der Waals surface area contributed by atoms with Crippen LogP contribution in [0.15, 0.2) is 29.2 Å². The smallest absolute Gasteiger partial charge is 0.178 e. The molecule has 96 valence electrons. The van der Waals surface area contributed by atoms with E-state index in [0.29, 0.717) is 11.4 Å². The fraction of sp³-hybridized carbons (Fsp3) is 0.538. The van der Waals surface area contributed by atoms with Crippen LogP contribution in [0.25, 0.3) is 0 Å². The molecule has 17 heavy (non-hydrogen) atoms. The van der Waals surface area contributed by atoms with Gasteiger partial charge in [0.05, 0.1) is 10.6 Å². The van der Waals surface area contributed by atoms with Crippen LogP contribution in [-0.4, -0.2) is 14.2 Å². The van der Waals surface area contributed by atoms with Gasteiger partial charge < -0.3 is 5.73 Å². The van der Waals surface area contributed by atoms with Crippen LogP contribution in [0.5, 0.6) is 0 Å². The van der Waals surface area contributed by atoms with Gasteiger partial charge in [-0.05, 0) is 23.6 Å². The summed E-state index contributed by atoms with van der Waals surface area (Å²) in [5.74, 6) is 0.468. The molecule has 0 heterocycles. The number of hydrogen-bond acceptors (Lipinski definition) is 3. The van der Waals surface area contributed by atoms with Crippen LogP contribution in [0.3, 0.4) is 0 Å². The Morgan fingerprint density at radius 3 is 2.41 bits per heavy atom. The monoisotopic (exact) mass is 255 g/mol. The molecule has 3 nitrogen and oxygen atoms in total. The van der Waals surface area contributed by atoms with Crippen molar-refractivity contribution in [2.24, 2.45) is 11.7 Å². The average Bonchev–Trinajstić information content (AvgIpc) is 2.36. The first-order valence-electron chi connectivity index (χ1n) is 6.05. The predicted molar refractivity (Wildman–Crippen MR) is 70.5 cm³/mol. The Bertz CT molecular complexity index is 450. The van der Waals surface area contributed by atoms with Crippen molar-refractivity contribution in [3.05, 3.63) is 29.8 Å². The Balaban J connectivity index is 2.96. The van der Waals surface area contributed by atoms with Crippen molar-refractivity contribution in [1.82, 2.24) is 0 Å². The molecule has 0 aliphatic carbocycles. The van der Waals surface area contributed by atoms with Gasteiger partial charge in [0.2, 0.25) is 0 Å². The molecule has 0 unspecified atom stereocenters. The lowest BCUT2D eigenvalue weighted by atomic mass is 10.1. The Hall–Kier alpha value is -0.870. The van der Waals surface area contributed by atoms with Gasteiger partial charge in [-0.1, -0.05) is 38.8 Å². The zero-order valence-corrected chi connectivity index (χ0v) is 11.3. The fourth-order valence-corrected chi connectivity index (χ4v) is 3.70. The molecule has 1 aromatic rings. The van der Waals surface area contributed by atoms with Crippen molar-refractivity contribution < 1.29 is 8.42 Å². The first kappa shape index (κ1) is 14.2. The van der Waals surface area contributed by atoms with Gasteiger partial charge in [0.25, 0.3) is 0 Å². The summed E-state index contributed by atoms with van der Waals surface area (Å²) in [5, 5.41) is 0. The van der Waals surface area contributed by atoms with Crippen LogP contribution in [0.1, 0.15) is 32.3 Å². The second-order valence-corrected chi connectivity index (χ2v) is 6.35. The number of benzene rings is 1. The summed E-state index contributed by atoms with van der Waals surface area (Å²) < 4.78 is 24.4. The molecule has 4 heteroatoms. The number of nitrogens with two attached hydrogens (primary N) is 1. The maximum atomic E-state index is 12.2. The molecule has 0 radical (unpaired) electrons. The van der Waals surface area contributed by atoms with Gasteiger partial charge in [0.15, 0.2) is 9.84 Å². The highest BCUT2D eigenvalue weighted by Gasteiger charge is 2.19. The zero-order valence-electron chi connectivity index (χ0n) is 10.5. The minimum absolute atomic E-state index is 0.230. The van der Waals surface area contributed by atoms with E-state index >= 15 is 0 Å². The van der Waals surface area contributed by atoms with E-state index in [2.05, 4.69) is 0 Å². The quantitative estimate of drug-likeness (QED) is 0.849. The van der Waals surface area contributed by atoms with Crippen molar-refractivity contribution in [2.45, 2.75) is 38.1 Å².